The summed E-state index contributed by atoms with van der Waals surface area (Å²) < 4.78 is 16.5. The zero-order valence-electron chi connectivity index (χ0n) is 20.3. The van der Waals surface area contributed by atoms with Crippen molar-refractivity contribution in [2.24, 2.45) is 0 Å². The Balaban J connectivity index is 1.61. The Labute approximate surface area is 205 Å². The first-order valence-corrected chi connectivity index (χ1v) is 11.6. The van der Waals surface area contributed by atoms with Gasteiger partial charge >= 0.3 is 0 Å². The number of carbonyl (C=O) groups excluding carboxylic acids is 2. The van der Waals surface area contributed by atoms with E-state index in [9.17, 15) is 9.59 Å². The Hall–Kier alpha value is -3.19. The second kappa shape index (κ2) is 11.3. The summed E-state index contributed by atoms with van der Waals surface area (Å²) in [6, 6.07) is 8.95. The average molecular weight is 487 g/mol. The standard InChI is InChI=1S/C26H31ClN2O5/c1-17(2)34-25-21(27)14-19(15-23(25)33-5)7-9-24(30)28-10-12-29(13-11-28)26(31)20-8-6-18(3)22(16-20)32-4/h6-9,14-17H,10-13H2,1-5H3/b9-7+. The normalized spacial score (nSPS) is 14.0. The van der Waals surface area contributed by atoms with Crippen LogP contribution in [0.3, 0.4) is 0 Å². The number of carbonyl (C=O) groups is 2. The molecule has 0 aliphatic carbocycles. The Morgan fingerprint density at radius 3 is 2.24 bits per heavy atom. The maximum Gasteiger partial charge on any atom is 0.254 e. The van der Waals surface area contributed by atoms with Crippen molar-refractivity contribution in [3.63, 3.8) is 0 Å². The highest BCUT2D eigenvalue weighted by Crippen LogP contribution is 2.37. The summed E-state index contributed by atoms with van der Waals surface area (Å²) in [5.41, 5.74) is 2.29. The number of amides is 2. The number of rotatable bonds is 7. The molecule has 0 aromatic heterocycles. The first-order chi connectivity index (χ1) is 16.2. The molecule has 2 amide bonds. The fraction of sp³-hybridized carbons (Fsp3) is 0.385. The van der Waals surface area contributed by atoms with Gasteiger partial charge in [0.05, 0.1) is 25.3 Å². The van der Waals surface area contributed by atoms with E-state index in [4.69, 9.17) is 25.8 Å². The van der Waals surface area contributed by atoms with Crippen LogP contribution in [0.4, 0.5) is 0 Å². The highest BCUT2D eigenvalue weighted by molar-refractivity contribution is 6.32. The lowest BCUT2D eigenvalue weighted by Gasteiger charge is -2.34. The number of methoxy groups -OCH3 is 2. The summed E-state index contributed by atoms with van der Waals surface area (Å²) in [5.74, 6) is 1.49. The van der Waals surface area contributed by atoms with E-state index in [1.54, 1.807) is 54.4 Å². The molecule has 8 heteroatoms. The van der Waals surface area contributed by atoms with Crippen LogP contribution in [0.25, 0.3) is 6.08 Å². The van der Waals surface area contributed by atoms with E-state index in [1.807, 2.05) is 26.8 Å². The first kappa shape index (κ1) is 25.4. The number of ether oxygens (including phenoxy) is 3. The molecule has 7 nitrogen and oxygen atoms in total. The molecule has 0 unspecified atom stereocenters. The second-order valence-corrected chi connectivity index (χ2v) is 8.74. The Morgan fingerprint density at radius 1 is 0.971 bits per heavy atom. The van der Waals surface area contributed by atoms with Crippen LogP contribution < -0.4 is 14.2 Å². The third kappa shape index (κ3) is 6.03. The minimum Gasteiger partial charge on any atom is -0.496 e. The Kier molecular flexibility index (Phi) is 8.45. The lowest BCUT2D eigenvalue weighted by Crippen LogP contribution is -2.50. The maximum absolute atomic E-state index is 12.9. The van der Waals surface area contributed by atoms with Crippen molar-refractivity contribution < 1.29 is 23.8 Å². The summed E-state index contributed by atoms with van der Waals surface area (Å²) >= 11 is 6.37. The van der Waals surface area contributed by atoms with Crippen LogP contribution in [0.15, 0.2) is 36.4 Å². The van der Waals surface area contributed by atoms with Crippen LogP contribution in [0.2, 0.25) is 5.02 Å². The van der Waals surface area contributed by atoms with E-state index in [0.717, 1.165) is 11.1 Å². The number of aryl methyl sites for hydroxylation is 1. The summed E-state index contributed by atoms with van der Waals surface area (Å²) in [4.78, 5) is 29.1. The van der Waals surface area contributed by atoms with E-state index in [-0.39, 0.29) is 17.9 Å². The van der Waals surface area contributed by atoms with Crippen molar-refractivity contribution >= 4 is 29.5 Å². The second-order valence-electron chi connectivity index (χ2n) is 8.34. The molecule has 1 heterocycles. The van der Waals surface area contributed by atoms with Gasteiger partial charge in [-0.3, -0.25) is 9.59 Å². The molecule has 0 spiro atoms. The Bertz CT molecular complexity index is 1080. The molecule has 0 bridgehead atoms. The predicted molar refractivity (Wildman–Crippen MR) is 133 cm³/mol. The molecule has 34 heavy (non-hydrogen) atoms. The van der Waals surface area contributed by atoms with Crippen molar-refractivity contribution in [3.8, 4) is 17.2 Å². The van der Waals surface area contributed by atoms with Gasteiger partial charge in [-0.05, 0) is 62.2 Å². The van der Waals surface area contributed by atoms with Crippen molar-refractivity contribution in [2.45, 2.75) is 26.9 Å². The number of hydrogen-bond acceptors (Lipinski definition) is 5. The smallest absolute Gasteiger partial charge is 0.254 e. The predicted octanol–water partition coefficient (Wildman–Crippen LogP) is 4.45. The van der Waals surface area contributed by atoms with Crippen LogP contribution in [-0.4, -0.2) is 68.1 Å². The first-order valence-electron chi connectivity index (χ1n) is 11.2. The molecule has 0 saturated carbocycles. The average Bonchev–Trinajstić information content (AvgIpc) is 2.83. The fourth-order valence-electron chi connectivity index (χ4n) is 3.72. The lowest BCUT2D eigenvalue weighted by atomic mass is 10.1. The van der Waals surface area contributed by atoms with Crippen LogP contribution in [0.1, 0.15) is 35.3 Å². The molecule has 3 rings (SSSR count). The minimum absolute atomic E-state index is 0.0482. The summed E-state index contributed by atoms with van der Waals surface area (Å²) in [7, 11) is 3.14. The molecule has 0 radical (unpaired) electrons. The molecule has 2 aromatic carbocycles. The van der Waals surface area contributed by atoms with Gasteiger partial charge in [-0.2, -0.15) is 0 Å². The van der Waals surface area contributed by atoms with E-state index in [2.05, 4.69) is 0 Å². The third-order valence-electron chi connectivity index (χ3n) is 5.56. The molecule has 182 valence electrons. The van der Waals surface area contributed by atoms with Crippen molar-refractivity contribution in [1.82, 2.24) is 9.80 Å². The lowest BCUT2D eigenvalue weighted by molar-refractivity contribution is -0.127. The molecule has 1 saturated heterocycles. The van der Waals surface area contributed by atoms with Gasteiger partial charge in [-0.25, -0.2) is 0 Å². The number of nitrogens with zero attached hydrogens (tertiary/aromatic N) is 2. The molecular formula is C26H31ClN2O5. The quantitative estimate of drug-likeness (QED) is 0.541. The number of halogens is 1. The van der Waals surface area contributed by atoms with E-state index in [1.165, 1.54) is 6.08 Å². The van der Waals surface area contributed by atoms with Gasteiger partial charge in [-0.15, -0.1) is 0 Å². The van der Waals surface area contributed by atoms with Crippen LogP contribution >= 0.6 is 11.6 Å². The van der Waals surface area contributed by atoms with E-state index >= 15 is 0 Å². The Morgan fingerprint density at radius 2 is 1.62 bits per heavy atom. The number of hydrogen-bond donors (Lipinski definition) is 0. The van der Waals surface area contributed by atoms with E-state index < -0.39 is 0 Å². The van der Waals surface area contributed by atoms with Crippen LogP contribution in [0.5, 0.6) is 17.2 Å². The van der Waals surface area contributed by atoms with Gasteiger partial charge in [0, 0.05) is 37.8 Å². The molecule has 1 aliphatic heterocycles. The van der Waals surface area contributed by atoms with E-state index in [0.29, 0.717) is 54.0 Å². The summed E-state index contributed by atoms with van der Waals surface area (Å²) in [6.45, 7) is 7.61. The monoisotopic (exact) mass is 486 g/mol. The topological polar surface area (TPSA) is 68.3 Å². The number of benzene rings is 2. The molecular weight excluding hydrogens is 456 g/mol. The molecule has 2 aromatic rings. The van der Waals surface area contributed by atoms with Crippen molar-refractivity contribution in [3.05, 3.63) is 58.1 Å². The van der Waals surface area contributed by atoms with Gasteiger partial charge in [0.25, 0.3) is 5.91 Å². The fourth-order valence-corrected chi connectivity index (χ4v) is 3.99. The van der Waals surface area contributed by atoms with Crippen LogP contribution in [-0.2, 0) is 4.79 Å². The largest absolute Gasteiger partial charge is 0.496 e. The minimum atomic E-state index is -0.123. The van der Waals surface area contributed by atoms with Gasteiger partial charge in [0.15, 0.2) is 11.5 Å². The summed E-state index contributed by atoms with van der Waals surface area (Å²) in [5, 5.41) is 0.417. The highest BCUT2D eigenvalue weighted by atomic mass is 35.5. The van der Waals surface area contributed by atoms with Crippen LogP contribution in [0, 0.1) is 6.92 Å². The van der Waals surface area contributed by atoms with Crippen molar-refractivity contribution in [1.29, 1.82) is 0 Å². The zero-order valence-corrected chi connectivity index (χ0v) is 21.0. The third-order valence-corrected chi connectivity index (χ3v) is 5.84. The molecule has 1 fully saturated rings. The number of piperazine rings is 1. The maximum atomic E-state index is 12.9. The van der Waals surface area contributed by atoms with Gasteiger partial charge in [-0.1, -0.05) is 17.7 Å². The van der Waals surface area contributed by atoms with Crippen molar-refractivity contribution in [2.75, 3.05) is 40.4 Å². The molecule has 0 atom stereocenters. The SMILES string of the molecule is COc1cc(C(=O)N2CCN(C(=O)/C=C/c3cc(Cl)c(OC(C)C)c(OC)c3)CC2)ccc1C. The van der Waals surface area contributed by atoms with Gasteiger partial charge in [0.2, 0.25) is 5.91 Å². The summed E-state index contributed by atoms with van der Waals surface area (Å²) in [6.07, 6.45) is 3.16. The molecule has 1 aliphatic rings. The van der Waals surface area contributed by atoms with Gasteiger partial charge in [0.1, 0.15) is 5.75 Å². The zero-order chi connectivity index (χ0) is 24.8. The van der Waals surface area contributed by atoms with Gasteiger partial charge < -0.3 is 24.0 Å². The highest BCUT2D eigenvalue weighted by Gasteiger charge is 2.24. The molecule has 0 N–H and O–H groups in total.